The molecule has 9 nitrogen and oxygen atoms in total. The number of nitrogens with one attached hydrogen (secondary N) is 1. The maximum absolute atomic E-state index is 13.4. The number of carbonyl (C=O) groups is 1. The molecule has 28 heavy (non-hydrogen) atoms. The Hall–Kier alpha value is -4.02. The van der Waals surface area contributed by atoms with Crippen LogP contribution in [-0.2, 0) is 11.3 Å². The lowest BCUT2D eigenvalue weighted by Crippen LogP contribution is -2.22. The Labute approximate surface area is 156 Å². The SMILES string of the molecule is O=C(/C=C\c1ccc([N+](=O)[O-])cc1)NCc1nnnn1-c1ccc(F)c(F)c1. The molecule has 1 aromatic heterocycles. The number of rotatable bonds is 6. The first-order chi connectivity index (χ1) is 13.4. The third-order valence-electron chi connectivity index (χ3n) is 3.63. The van der Waals surface area contributed by atoms with Crippen molar-refractivity contribution in [2.75, 3.05) is 0 Å². The molecule has 0 radical (unpaired) electrons. The first-order valence-corrected chi connectivity index (χ1v) is 7.87. The number of hydrogen-bond donors (Lipinski definition) is 1. The third-order valence-corrected chi connectivity index (χ3v) is 3.63. The van der Waals surface area contributed by atoms with E-state index in [2.05, 4.69) is 20.8 Å². The zero-order chi connectivity index (χ0) is 20.1. The molecule has 2 aromatic carbocycles. The topological polar surface area (TPSA) is 116 Å². The summed E-state index contributed by atoms with van der Waals surface area (Å²) in [4.78, 5) is 22.0. The van der Waals surface area contributed by atoms with E-state index in [1.54, 1.807) is 0 Å². The Bertz CT molecular complexity index is 1050. The van der Waals surface area contributed by atoms with Crippen molar-refractivity contribution in [3.05, 3.63) is 81.7 Å². The van der Waals surface area contributed by atoms with E-state index in [1.807, 2.05) is 0 Å². The van der Waals surface area contributed by atoms with Gasteiger partial charge in [0.15, 0.2) is 17.5 Å². The van der Waals surface area contributed by atoms with Crippen LogP contribution in [0.5, 0.6) is 0 Å². The van der Waals surface area contributed by atoms with E-state index in [0.717, 1.165) is 12.1 Å². The van der Waals surface area contributed by atoms with Crippen molar-refractivity contribution < 1.29 is 18.5 Å². The van der Waals surface area contributed by atoms with Crippen LogP contribution in [0.1, 0.15) is 11.4 Å². The zero-order valence-electron chi connectivity index (χ0n) is 14.1. The van der Waals surface area contributed by atoms with Crippen LogP contribution < -0.4 is 5.32 Å². The summed E-state index contributed by atoms with van der Waals surface area (Å²) >= 11 is 0. The van der Waals surface area contributed by atoms with Gasteiger partial charge in [0, 0.05) is 24.3 Å². The number of aromatic nitrogens is 4. The number of nitro groups is 1. The Morgan fingerprint density at radius 3 is 2.61 bits per heavy atom. The molecule has 142 valence electrons. The van der Waals surface area contributed by atoms with E-state index < -0.39 is 22.5 Å². The maximum Gasteiger partial charge on any atom is 0.269 e. The van der Waals surface area contributed by atoms with Crippen LogP contribution in [0.3, 0.4) is 0 Å². The van der Waals surface area contributed by atoms with Crippen LogP contribution in [0.15, 0.2) is 48.5 Å². The van der Waals surface area contributed by atoms with Gasteiger partial charge in [0.25, 0.3) is 5.69 Å². The van der Waals surface area contributed by atoms with Crippen molar-refractivity contribution in [3.8, 4) is 5.69 Å². The van der Waals surface area contributed by atoms with Gasteiger partial charge in [0.1, 0.15) is 0 Å². The summed E-state index contributed by atoms with van der Waals surface area (Å²) < 4.78 is 27.6. The van der Waals surface area contributed by atoms with Gasteiger partial charge < -0.3 is 5.32 Å². The van der Waals surface area contributed by atoms with Crippen LogP contribution in [0.4, 0.5) is 14.5 Å². The summed E-state index contributed by atoms with van der Waals surface area (Å²) in [5, 5.41) is 24.1. The zero-order valence-corrected chi connectivity index (χ0v) is 14.1. The first kappa shape index (κ1) is 18.8. The average molecular weight is 386 g/mol. The highest BCUT2D eigenvalue weighted by molar-refractivity contribution is 5.91. The molecule has 0 aliphatic carbocycles. The average Bonchev–Trinajstić information content (AvgIpc) is 3.16. The fraction of sp³-hybridized carbons (Fsp3) is 0.0588. The number of nitrogens with zero attached hydrogens (tertiary/aromatic N) is 5. The summed E-state index contributed by atoms with van der Waals surface area (Å²) in [6.45, 7) is -0.0601. The molecule has 0 spiro atoms. The van der Waals surface area contributed by atoms with Gasteiger partial charge in [0.2, 0.25) is 5.91 Å². The summed E-state index contributed by atoms with van der Waals surface area (Å²) in [5.74, 6) is -2.29. The summed E-state index contributed by atoms with van der Waals surface area (Å²) in [6, 6.07) is 8.85. The predicted octanol–water partition coefficient (Wildman–Crippen LogP) is 2.18. The summed E-state index contributed by atoms with van der Waals surface area (Å²) in [5.41, 5.74) is 0.757. The van der Waals surface area contributed by atoms with Gasteiger partial charge in [-0.2, -0.15) is 4.68 Å². The molecule has 11 heteroatoms. The van der Waals surface area contributed by atoms with Gasteiger partial charge >= 0.3 is 0 Å². The smallest absolute Gasteiger partial charge is 0.269 e. The van der Waals surface area contributed by atoms with Gasteiger partial charge in [-0.15, -0.1) is 5.10 Å². The minimum absolute atomic E-state index is 0.0503. The molecule has 0 unspecified atom stereocenters. The quantitative estimate of drug-likeness (QED) is 0.394. The number of amides is 1. The van der Waals surface area contributed by atoms with Gasteiger partial charge in [-0.25, -0.2) is 8.78 Å². The molecule has 0 aliphatic rings. The number of benzene rings is 2. The summed E-state index contributed by atoms with van der Waals surface area (Å²) in [6.07, 6.45) is 2.73. The van der Waals surface area contributed by atoms with Crippen LogP contribution in [0, 0.1) is 21.7 Å². The van der Waals surface area contributed by atoms with Crippen molar-refractivity contribution in [1.29, 1.82) is 0 Å². The van der Waals surface area contributed by atoms with Crippen molar-refractivity contribution in [2.45, 2.75) is 6.54 Å². The molecule has 0 saturated heterocycles. The molecule has 1 heterocycles. The monoisotopic (exact) mass is 386 g/mol. The normalized spacial score (nSPS) is 10.9. The lowest BCUT2D eigenvalue weighted by molar-refractivity contribution is -0.384. The van der Waals surface area contributed by atoms with E-state index >= 15 is 0 Å². The molecule has 1 amide bonds. The number of nitro benzene ring substituents is 1. The van der Waals surface area contributed by atoms with Gasteiger partial charge in [-0.05, 0) is 46.3 Å². The lowest BCUT2D eigenvalue weighted by atomic mass is 10.2. The Balaban J connectivity index is 1.63. The number of hydrogen-bond acceptors (Lipinski definition) is 6. The highest BCUT2D eigenvalue weighted by atomic mass is 19.2. The summed E-state index contributed by atoms with van der Waals surface area (Å²) in [7, 11) is 0. The Morgan fingerprint density at radius 1 is 1.18 bits per heavy atom. The first-order valence-electron chi connectivity index (χ1n) is 7.87. The minimum Gasteiger partial charge on any atom is -0.345 e. The molecule has 0 bridgehead atoms. The Kier molecular flexibility index (Phi) is 5.44. The second-order valence-corrected chi connectivity index (χ2v) is 5.51. The van der Waals surface area contributed by atoms with Gasteiger partial charge in [-0.3, -0.25) is 14.9 Å². The molecule has 0 saturated carbocycles. The van der Waals surface area contributed by atoms with E-state index in [-0.39, 0.29) is 23.7 Å². The number of halogens is 2. The third kappa shape index (κ3) is 4.38. The molecule has 0 aliphatic heterocycles. The molecule has 0 fully saturated rings. The number of tetrazole rings is 1. The van der Waals surface area contributed by atoms with Crippen molar-refractivity contribution in [3.63, 3.8) is 0 Å². The fourth-order valence-corrected chi connectivity index (χ4v) is 2.24. The molecular formula is C17H12F2N6O3. The minimum atomic E-state index is -1.05. The number of non-ortho nitro benzene ring substituents is 1. The molecule has 3 rings (SSSR count). The molecular weight excluding hydrogens is 374 g/mol. The number of carbonyl (C=O) groups excluding carboxylic acids is 1. The van der Waals surface area contributed by atoms with Crippen molar-refractivity contribution in [1.82, 2.24) is 25.5 Å². The molecule has 0 atom stereocenters. The largest absolute Gasteiger partial charge is 0.345 e. The van der Waals surface area contributed by atoms with E-state index in [9.17, 15) is 23.7 Å². The van der Waals surface area contributed by atoms with E-state index in [1.165, 1.54) is 47.2 Å². The van der Waals surface area contributed by atoms with E-state index in [4.69, 9.17) is 0 Å². The fourth-order valence-electron chi connectivity index (χ4n) is 2.24. The maximum atomic E-state index is 13.4. The van der Waals surface area contributed by atoms with Gasteiger partial charge in [-0.1, -0.05) is 0 Å². The second-order valence-electron chi connectivity index (χ2n) is 5.51. The highest BCUT2D eigenvalue weighted by Crippen LogP contribution is 2.14. The van der Waals surface area contributed by atoms with Crippen LogP contribution in [0.25, 0.3) is 11.8 Å². The van der Waals surface area contributed by atoms with Crippen molar-refractivity contribution >= 4 is 17.7 Å². The second kappa shape index (κ2) is 8.12. The van der Waals surface area contributed by atoms with E-state index in [0.29, 0.717) is 5.56 Å². The van der Waals surface area contributed by atoms with Crippen molar-refractivity contribution in [2.24, 2.45) is 0 Å². The molecule has 1 N–H and O–H groups in total. The standard InChI is InChI=1S/C17H12F2N6O3/c18-14-7-6-13(9-15(14)19)24-16(21-22-23-24)10-20-17(26)8-3-11-1-4-12(5-2-11)25(27)28/h1-9H,10H2,(H,20,26)/b8-3-. The Morgan fingerprint density at radius 2 is 1.93 bits per heavy atom. The lowest BCUT2D eigenvalue weighted by Gasteiger charge is -2.05. The van der Waals surface area contributed by atoms with Gasteiger partial charge in [0.05, 0.1) is 17.2 Å². The van der Waals surface area contributed by atoms with Crippen LogP contribution >= 0.6 is 0 Å². The van der Waals surface area contributed by atoms with Crippen LogP contribution in [-0.4, -0.2) is 31.0 Å². The molecule has 3 aromatic rings. The highest BCUT2D eigenvalue weighted by Gasteiger charge is 2.11. The predicted molar refractivity (Wildman–Crippen MR) is 93.0 cm³/mol. The van der Waals surface area contributed by atoms with Crippen LogP contribution in [0.2, 0.25) is 0 Å².